The highest BCUT2D eigenvalue weighted by Crippen LogP contribution is 2.64. The van der Waals surface area contributed by atoms with Crippen molar-refractivity contribution in [1.29, 1.82) is 0 Å². The van der Waals surface area contributed by atoms with E-state index >= 15 is 0 Å². The summed E-state index contributed by atoms with van der Waals surface area (Å²) in [7, 11) is 0. The summed E-state index contributed by atoms with van der Waals surface area (Å²) in [5.74, 6) is 4.13. The highest BCUT2D eigenvalue weighted by Gasteiger charge is 2.56. The highest BCUT2D eigenvalue weighted by molar-refractivity contribution is 5.33. The van der Waals surface area contributed by atoms with Gasteiger partial charge in [-0.3, -0.25) is 0 Å². The van der Waals surface area contributed by atoms with Crippen LogP contribution < -0.4 is 0 Å². The van der Waals surface area contributed by atoms with E-state index in [2.05, 4.69) is 38.1 Å². The minimum atomic E-state index is 0.538. The molecule has 4 aliphatic rings. The first-order chi connectivity index (χ1) is 9.72. The van der Waals surface area contributed by atoms with E-state index in [1.807, 2.05) is 0 Å². The minimum Gasteiger partial charge on any atom is -0.0654 e. The average Bonchev–Trinajstić information content (AvgIpc) is 2.43. The largest absolute Gasteiger partial charge is 0.0654 e. The molecule has 0 heteroatoms. The van der Waals surface area contributed by atoms with Gasteiger partial charge < -0.3 is 0 Å². The fourth-order valence-electron chi connectivity index (χ4n) is 6.33. The van der Waals surface area contributed by atoms with E-state index in [1.54, 1.807) is 12.0 Å². The lowest BCUT2D eigenvalue weighted by Crippen LogP contribution is -2.55. The summed E-state index contributed by atoms with van der Waals surface area (Å²) < 4.78 is 0. The maximum absolute atomic E-state index is 2.47. The van der Waals surface area contributed by atoms with Gasteiger partial charge in [-0.2, -0.15) is 0 Å². The Morgan fingerprint density at radius 3 is 1.95 bits per heavy atom. The summed E-state index contributed by atoms with van der Waals surface area (Å²) >= 11 is 0. The monoisotopic (exact) mass is 268 g/mol. The number of hydrogen-bond donors (Lipinski definition) is 0. The van der Waals surface area contributed by atoms with Gasteiger partial charge in [0.25, 0.3) is 0 Å². The predicted octanol–water partition coefficient (Wildman–Crippen LogP) is 5.49. The molecule has 1 aromatic carbocycles. The van der Waals surface area contributed by atoms with Crippen LogP contribution in [-0.4, -0.2) is 0 Å². The van der Waals surface area contributed by atoms with Crippen molar-refractivity contribution >= 4 is 0 Å². The Bertz CT molecular complexity index is 453. The second-order valence-corrected chi connectivity index (χ2v) is 7.96. The van der Waals surface area contributed by atoms with Gasteiger partial charge in [0, 0.05) is 5.41 Å². The van der Waals surface area contributed by atoms with Crippen LogP contribution in [0, 0.1) is 30.6 Å². The summed E-state index contributed by atoms with van der Waals surface area (Å²) in [4.78, 5) is 0. The van der Waals surface area contributed by atoms with Crippen LogP contribution in [0.2, 0.25) is 0 Å². The normalized spacial score (nSPS) is 42.1. The molecule has 4 saturated carbocycles. The molecule has 0 aliphatic heterocycles. The summed E-state index contributed by atoms with van der Waals surface area (Å²) in [5, 5.41) is 0. The van der Waals surface area contributed by atoms with Crippen molar-refractivity contribution in [2.24, 2.45) is 23.7 Å². The van der Waals surface area contributed by atoms with E-state index < -0.39 is 0 Å². The Morgan fingerprint density at radius 2 is 1.45 bits per heavy atom. The van der Waals surface area contributed by atoms with Gasteiger partial charge in [0.05, 0.1) is 0 Å². The van der Waals surface area contributed by atoms with Gasteiger partial charge in [0.2, 0.25) is 0 Å². The quantitative estimate of drug-likeness (QED) is 0.680. The molecule has 20 heavy (non-hydrogen) atoms. The van der Waals surface area contributed by atoms with Gasteiger partial charge >= 0.3 is 0 Å². The van der Waals surface area contributed by atoms with Crippen LogP contribution >= 0.6 is 0 Å². The van der Waals surface area contributed by atoms with Crippen molar-refractivity contribution in [3.63, 3.8) is 0 Å². The molecule has 4 bridgehead atoms. The molecule has 0 N–H and O–H groups in total. The first kappa shape index (κ1) is 12.9. The Kier molecular flexibility index (Phi) is 2.98. The molecule has 0 nitrogen and oxygen atoms in total. The Labute approximate surface area is 124 Å². The van der Waals surface area contributed by atoms with Crippen LogP contribution in [0.25, 0.3) is 0 Å². The predicted molar refractivity (Wildman–Crippen MR) is 84.8 cm³/mol. The van der Waals surface area contributed by atoms with E-state index in [0.717, 1.165) is 23.7 Å². The minimum absolute atomic E-state index is 0.538. The van der Waals surface area contributed by atoms with Gasteiger partial charge in [0.15, 0.2) is 0 Å². The zero-order valence-electron chi connectivity index (χ0n) is 13.1. The van der Waals surface area contributed by atoms with E-state index in [-0.39, 0.29) is 0 Å². The number of hydrogen-bond acceptors (Lipinski definition) is 0. The van der Waals surface area contributed by atoms with E-state index in [9.17, 15) is 0 Å². The topological polar surface area (TPSA) is 0 Å². The van der Waals surface area contributed by atoms with Crippen molar-refractivity contribution in [3.05, 3.63) is 35.4 Å². The van der Waals surface area contributed by atoms with Crippen molar-refractivity contribution in [3.8, 4) is 0 Å². The Hall–Kier alpha value is -0.780. The molecular formula is C20H28. The zero-order valence-corrected chi connectivity index (χ0v) is 13.1. The van der Waals surface area contributed by atoms with Gasteiger partial charge in [-0.1, -0.05) is 43.2 Å². The molecule has 4 fully saturated rings. The van der Waals surface area contributed by atoms with Crippen molar-refractivity contribution in [1.82, 2.24) is 0 Å². The molecule has 1 aromatic rings. The summed E-state index contributed by atoms with van der Waals surface area (Å²) in [6.45, 7) is 4.61. The number of benzene rings is 1. The molecule has 0 saturated heterocycles. The standard InChI is InChI=1S/C20H28/c1-3-8-20(17-6-4-14(2)5-7-17)18-10-15-9-16(12-18)13-19(20)11-15/h4-7,15-16,18-19H,3,8-13H2,1-2H3. The first-order valence-corrected chi connectivity index (χ1v) is 8.79. The van der Waals surface area contributed by atoms with Gasteiger partial charge in [0.1, 0.15) is 0 Å². The van der Waals surface area contributed by atoms with Crippen LogP contribution in [0.5, 0.6) is 0 Å². The third kappa shape index (κ3) is 1.73. The molecular weight excluding hydrogens is 240 g/mol. The average molecular weight is 268 g/mol. The van der Waals surface area contributed by atoms with Crippen molar-refractivity contribution in [2.75, 3.05) is 0 Å². The van der Waals surface area contributed by atoms with Crippen molar-refractivity contribution in [2.45, 2.75) is 64.2 Å². The third-order valence-electron chi connectivity index (χ3n) is 6.85. The second kappa shape index (κ2) is 4.61. The number of aryl methyl sites for hydroxylation is 1. The molecule has 0 amide bonds. The molecule has 0 atom stereocenters. The van der Waals surface area contributed by atoms with E-state index in [1.165, 1.54) is 44.1 Å². The lowest BCUT2D eigenvalue weighted by Gasteiger charge is -2.62. The van der Waals surface area contributed by atoms with E-state index in [0.29, 0.717) is 5.41 Å². The summed E-state index contributed by atoms with van der Waals surface area (Å²) in [6.07, 6.45) is 10.4. The van der Waals surface area contributed by atoms with Crippen LogP contribution in [0.3, 0.4) is 0 Å². The third-order valence-corrected chi connectivity index (χ3v) is 6.85. The molecule has 108 valence electrons. The van der Waals surface area contributed by atoms with Crippen molar-refractivity contribution < 1.29 is 0 Å². The molecule has 0 spiro atoms. The van der Waals surface area contributed by atoms with Crippen LogP contribution in [0.1, 0.15) is 63.0 Å². The Balaban J connectivity index is 1.78. The smallest absolute Gasteiger partial charge is 0.000976 e. The molecule has 0 radical (unpaired) electrons. The maximum Gasteiger partial charge on any atom is 0.000976 e. The second-order valence-electron chi connectivity index (χ2n) is 7.96. The fraction of sp³-hybridized carbons (Fsp3) is 0.700. The summed E-state index contributed by atoms with van der Waals surface area (Å²) in [6, 6.07) is 9.62. The highest BCUT2D eigenvalue weighted by atomic mass is 14.6. The lowest BCUT2D eigenvalue weighted by atomic mass is 9.43. The summed E-state index contributed by atoms with van der Waals surface area (Å²) in [5.41, 5.74) is 3.62. The van der Waals surface area contributed by atoms with Crippen LogP contribution in [0.15, 0.2) is 24.3 Å². The Morgan fingerprint density at radius 1 is 0.900 bits per heavy atom. The fourth-order valence-corrected chi connectivity index (χ4v) is 6.33. The van der Waals surface area contributed by atoms with Crippen LogP contribution in [-0.2, 0) is 5.41 Å². The van der Waals surface area contributed by atoms with Gasteiger partial charge in [-0.15, -0.1) is 0 Å². The molecule has 0 aromatic heterocycles. The molecule has 5 rings (SSSR count). The maximum atomic E-state index is 2.47. The van der Waals surface area contributed by atoms with Gasteiger partial charge in [-0.25, -0.2) is 0 Å². The molecule has 0 heterocycles. The lowest BCUT2D eigenvalue weighted by molar-refractivity contribution is -0.0653. The van der Waals surface area contributed by atoms with Crippen LogP contribution in [0.4, 0.5) is 0 Å². The number of rotatable bonds is 3. The first-order valence-electron chi connectivity index (χ1n) is 8.79. The van der Waals surface area contributed by atoms with E-state index in [4.69, 9.17) is 0 Å². The zero-order chi connectivity index (χ0) is 13.7. The molecule has 4 aliphatic carbocycles. The SMILES string of the molecule is CCCC1(c2ccc(C)cc2)C2CC3CC(C2)CC1C3. The van der Waals surface area contributed by atoms with Gasteiger partial charge in [-0.05, 0) is 74.7 Å². The molecule has 0 unspecified atom stereocenters.